The highest BCUT2D eigenvalue weighted by atomic mass is 32.2. The molecule has 1 aliphatic rings. The molecule has 0 aliphatic carbocycles. The van der Waals surface area contributed by atoms with Crippen LogP contribution in [0.3, 0.4) is 0 Å². The lowest BCUT2D eigenvalue weighted by molar-refractivity contribution is 0.372. The summed E-state index contributed by atoms with van der Waals surface area (Å²) in [5.74, 6) is -0.0108. The lowest BCUT2D eigenvalue weighted by Gasteiger charge is -2.22. The SMILES string of the molecule is Cc1ccc(S(=O)(=O)N2Cc3cnnn3CC(/C=C/c3ccccc3)C2)cc1. The van der Waals surface area contributed by atoms with E-state index in [1.807, 2.05) is 55.5 Å². The van der Waals surface area contributed by atoms with Crippen LogP contribution >= 0.6 is 0 Å². The Bertz CT molecular complexity index is 1070. The van der Waals surface area contributed by atoms with Crippen molar-refractivity contribution in [2.45, 2.75) is 24.9 Å². The molecule has 28 heavy (non-hydrogen) atoms. The van der Waals surface area contributed by atoms with Crippen LogP contribution < -0.4 is 0 Å². The molecule has 6 nitrogen and oxygen atoms in total. The molecule has 2 heterocycles. The zero-order valence-corrected chi connectivity index (χ0v) is 16.5. The predicted molar refractivity (Wildman–Crippen MR) is 108 cm³/mol. The quantitative estimate of drug-likeness (QED) is 0.682. The molecule has 0 saturated heterocycles. The van der Waals surface area contributed by atoms with Crippen molar-refractivity contribution < 1.29 is 8.42 Å². The Kier molecular flexibility index (Phi) is 5.11. The van der Waals surface area contributed by atoms with E-state index in [-0.39, 0.29) is 12.5 Å². The average Bonchev–Trinajstić information content (AvgIpc) is 3.05. The van der Waals surface area contributed by atoms with Crippen molar-refractivity contribution in [1.29, 1.82) is 0 Å². The van der Waals surface area contributed by atoms with Gasteiger partial charge in [0.2, 0.25) is 10.0 Å². The number of fused-ring (bicyclic) bond motifs is 1. The van der Waals surface area contributed by atoms with E-state index in [0.29, 0.717) is 18.0 Å². The fourth-order valence-electron chi connectivity index (χ4n) is 3.32. The minimum absolute atomic E-state index is 0.0108. The molecule has 0 N–H and O–H groups in total. The number of sulfonamides is 1. The number of benzene rings is 2. The van der Waals surface area contributed by atoms with Crippen LogP contribution in [-0.4, -0.2) is 34.3 Å². The number of aromatic nitrogens is 3. The first-order chi connectivity index (χ1) is 13.5. The fraction of sp³-hybridized carbons (Fsp3) is 0.238. The van der Waals surface area contributed by atoms with Crippen molar-refractivity contribution in [2.24, 2.45) is 5.92 Å². The van der Waals surface area contributed by atoms with Gasteiger partial charge in [-0.1, -0.05) is 65.4 Å². The molecule has 1 atom stereocenters. The predicted octanol–water partition coefficient (Wildman–Crippen LogP) is 3.12. The summed E-state index contributed by atoms with van der Waals surface area (Å²) >= 11 is 0. The van der Waals surface area contributed by atoms with Gasteiger partial charge in [-0.15, -0.1) is 5.10 Å². The highest BCUT2D eigenvalue weighted by Gasteiger charge is 2.30. The second-order valence-corrected chi connectivity index (χ2v) is 8.99. The van der Waals surface area contributed by atoms with E-state index in [0.717, 1.165) is 16.8 Å². The maximum Gasteiger partial charge on any atom is 0.243 e. The molecule has 0 fully saturated rings. The van der Waals surface area contributed by atoms with E-state index in [1.54, 1.807) is 23.0 Å². The van der Waals surface area contributed by atoms with Gasteiger partial charge < -0.3 is 0 Å². The highest BCUT2D eigenvalue weighted by Crippen LogP contribution is 2.24. The van der Waals surface area contributed by atoms with Gasteiger partial charge in [-0.2, -0.15) is 4.31 Å². The molecule has 3 aromatic rings. The van der Waals surface area contributed by atoms with Crippen molar-refractivity contribution in [3.05, 3.63) is 83.7 Å². The second-order valence-electron chi connectivity index (χ2n) is 7.05. The molecular formula is C21H22N4O2S. The summed E-state index contributed by atoms with van der Waals surface area (Å²) in [6.07, 6.45) is 5.73. The average molecular weight is 395 g/mol. The van der Waals surface area contributed by atoms with Gasteiger partial charge in [0.05, 0.1) is 29.9 Å². The normalized spacial score (nSPS) is 18.1. The standard InChI is InChI=1S/C21H22N4O2S/c1-17-7-11-21(12-8-17)28(26,27)24-14-19(10-9-18-5-3-2-4-6-18)15-25-20(16-24)13-22-23-25/h2-13,19H,14-16H2,1H3/b10-9+. The van der Waals surface area contributed by atoms with Gasteiger partial charge in [0.15, 0.2) is 0 Å². The minimum Gasteiger partial charge on any atom is -0.247 e. The van der Waals surface area contributed by atoms with Gasteiger partial charge in [0, 0.05) is 12.5 Å². The summed E-state index contributed by atoms with van der Waals surface area (Å²) in [6.45, 7) is 3.19. The Morgan fingerprint density at radius 3 is 2.54 bits per heavy atom. The maximum atomic E-state index is 13.3. The summed E-state index contributed by atoms with van der Waals surface area (Å²) in [5.41, 5.74) is 2.91. The van der Waals surface area contributed by atoms with Gasteiger partial charge in [0.25, 0.3) is 0 Å². The van der Waals surface area contributed by atoms with Crippen LogP contribution in [0.25, 0.3) is 6.08 Å². The van der Waals surface area contributed by atoms with E-state index in [4.69, 9.17) is 0 Å². The number of hydrogen-bond donors (Lipinski definition) is 0. The molecule has 144 valence electrons. The summed E-state index contributed by atoms with van der Waals surface area (Å²) in [7, 11) is -3.61. The van der Waals surface area contributed by atoms with Crippen LogP contribution in [-0.2, 0) is 23.1 Å². The molecule has 2 aromatic carbocycles. The van der Waals surface area contributed by atoms with Gasteiger partial charge in [-0.05, 0) is 24.6 Å². The number of rotatable bonds is 4. The van der Waals surface area contributed by atoms with Crippen molar-refractivity contribution in [3.8, 4) is 0 Å². The molecule has 7 heteroatoms. The molecule has 1 aliphatic heterocycles. The zero-order valence-electron chi connectivity index (χ0n) is 15.6. The molecule has 0 spiro atoms. The van der Waals surface area contributed by atoms with Crippen LogP contribution in [0.5, 0.6) is 0 Å². The summed E-state index contributed by atoms with van der Waals surface area (Å²) in [5, 5.41) is 8.10. The van der Waals surface area contributed by atoms with Crippen LogP contribution in [0, 0.1) is 12.8 Å². The van der Waals surface area contributed by atoms with E-state index < -0.39 is 10.0 Å². The first-order valence-electron chi connectivity index (χ1n) is 9.20. The second kappa shape index (κ2) is 7.69. The lowest BCUT2D eigenvalue weighted by Crippen LogP contribution is -2.33. The Labute approximate surface area is 165 Å². The van der Waals surface area contributed by atoms with Gasteiger partial charge in [-0.25, -0.2) is 13.1 Å². The third-order valence-electron chi connectivity index (χ3n) is 4.90. The van der Waals surface area contributed by atoms with Crippen molar-refractivity contribution >= 4 is 16.1 Å². The topological polar surface area (TPSA) is 68.1 Å². The smallest absolute Gasteiger partial charge is 0.243 e. The third kappa shape index (κ3) is 3.90. The minimum atomic E-state index is -3.61. The van der Waals surface area contributed by atoms with Crippen LogP contribution in [0.1, 0.15) is 16.8 Å². The molecule has 1 unspecified atom stereocenters. The fourth-order valence-corrected chi connectivity index (χ4v) is 4.79. The molecular weight excluding hydrogens is 372 g/mol. The van der Waals surface area contributed by atoms with E-state index >= 15 is 0 Å². The molecule has 0 amide bonds. The summed E-state index contributed by atoms with van der Waals surface area (Å²) in [6, 6.07) is 17.0. The zero-order chi connectivity index (χ0) is 19.6. The van der Waals surface area contributed by atoms with Crippen molar-refractivity contribution in [2.75, 3.05) is 6.54 Å². The Hall–Kier alpha value is -2.77. The maximum absolute atomic E-state index is 13.3. The Balaban J connectivity index is 1.65. The molecule has 0 bridgehead atoms. The number of hydrogen-bond acceptors (Lipinski definition) is 4. The van der Waals surface area contributed by atoms with Gasteiger partial charge in [-0.3, -0.25) is 0 Å². The van der Waals surface area contributed by atoms with E-state index in [9.17, 15) is 8.42 Å². The first-order valence-corrected chi connectivity index (χ1v) is 10.6. The van der Waals surface area contributed by atoms with E-state index in [1.165, 1.54) is 4.31 Å². The molecule has 1 aromatic heterocycles. The van der Waals surface area contributed by atoms with Crippen LogP contribution in [0.15, 0.2) is 71.8 Å². The monoisotopic (exact) mass is 394 g/mol. The first kappa shape index (κ1) is 18.6. The highest BCUT2D eigenvalue weighted by molar-refractivity contribution is 7.89. The number of aryl methyl sites for hydroxylation is 1. The van der Waals surface area contributed by atoms with Gasteiger partial charge >= 0.3 is 0 Å². The molecule has 0 saturated carbocycles. The lowest BCUT2D eigenvalue weighted by atomic mass is 10.1. The Morgan fingerprint density at radius 2 is 1.79 bits per heavy atom. The Morgan fingerprint density at radius 1 is 1.04 bits per heavy atom. The molecule has 0 radical (unpaired) electrons. The van der Waals surface area contributed by atoms with Crippen molar-refractivity contribution in [1.82, 2.24) is 19.3 Å². The van der Waals surface area contributed by atoms with Crippen LogP contribution in [0.4, 0.5) is 0 Å². The number of nitrogens with zero attached hydrogens (tertiary/aromatic N) is 4. The third-order valence-corrected chi connectivity index (χ3v) is 6.73. The summed E-state index contributed by atoms with van der Waals surface area (Å²) in [4.78, 5) is 0.310. The largest absolute Gasteiger partial charge is 0.247 e. The van der Waals surface area contributed by atoms with Crippen LogP contribution in [0.2, 0.25) is 0 Å². The van der Waals surface area contributed by atoms with Gasteiger partial charge in [0.1, 0.15) is 0 Å². The van der Waals surface area contributed by atoms with E-state index in [2.05, 4.69) is 16.4 Å². The van der Waals surface area contributed by atoms with Crippen molar-refractivity contribution in [3.63, 3.8) is 0 Å². The molecule has 4 rings (SSSR count). The summed E-state index contributed by atoms with van der Waals surface area (Å²) < 4.78 is 29.8.